The van der Waals surface area contributed by atoms with Crippen LogP contribution < -0.4 is 0 Å². The van der Waals surface area contributed by atoms with Crippen molar-refractivity contribution in [3.05, 3.63) is 83.9 Å². The van der Waals surface area contributed by atoms with Gasteiger partial charge in [-0.1, -0.05) is 54.1 Å². The molecule has 7 heteroatoms. The number of nitrogens with zero attached hydrogens (tertiary/aromatic N) is 1. The van der Waals surface area contributed by atoms with Crippen LogP contribution in [0, 0.1) is 6.92 Å². The Morgan fingerprint density at radius 2 is 1.36 bits per heavy atom. The number of ether oxygens (including phenoxy) is 2. The quantitative estimate of drug-likeness (QED) is 0.317. The Bertz CT molecular complexity index is 1270. The molecule has 0 saturated heterocycles. The molecule has 168 valence electrons. The topological polar surface area (TPSA) is 94.8 Å². The van der Waals surface area contributed by atoms with E-state index in [9.17, 15) is 19.5 Å². The zero-order valence-corrected chi connectivity index (χ0v) is 18.1. The molecule has 0 saturated carbocycles. The van der Waals surface area contributed by atoms with Gasteiger partial charge < -0.3 is 19.1 Å². The molecule has 0 amide bonds. The fourth-order valence-electron chi connectivity index (χ4n) is 3.86. The minimum absolute atomic E-state index is 0.119. The summed E-state index contributed by atoms with van der Waals surface area (Å²) in [4.78, 5) is 36.6. The van der Waals surface area contributed by atoms with Crippen LogP contribution in [-0.4, -0.2) is 40.8 Å². The Kier molecular flexibility index (Phi) is 6.40. The largest absolute Gasteiger partial charge is 0.480 e. The van der Waals surface area contributed by atoms with E-state index in [-0.39, 0.29) is 19.6 Å². The molecule has 33 heavy (non-hydrogen) atoms. The fourth-order valence-corrected chi connectivity index (χ4v) is 3.86. The van der Waals surface area contributed by atoms with E-state index < -0.39 is 23.9 Å². The smallest absolute Gasteiger partial charge is 0.338 e. The van der Waals surface area contributed by atoms with Gasteiger partial charge in [0.1, 0.15) is 19.3 Å². The average Bonchev–Trinajstić information content (AvgIpc) is 3.15. The predicted octanol–water partition coefficient (Wildman–Crippen LogP) is 4.52. The van der Waals surface area contributed by atoms with Crippen LogP contribution >= 0.6 is 0 Å². The lowest BCUT2D eigenvalue weighted by molar-refractivity contribution is -0.151. The Morgan fingerprint density at radius 3 is 1.94 bits per heavy atom. The molecule has 1 atom stereocenters. The molecule has 0 fully saturated rings. The Morgan fingerprint density at radius 1 is 0.818 bits per heavy atom. The van der Waals surface area contributed by atoms with Crippen molar-refractivity contribution in [1.82, 2.24) is 4.57 Å². The van der Waals surface area contributed by atoms with Gasteiger partial charge in [0, 0.05) is 21.8 Å². The van der Waals surface area contributed by atoms with E-state index in [1.165, 1.54) is 0 Å². The van der Waals surface area contributed by atoms with Gasteiger partial charge in [-0.05, 0) is 31.2 Å². The van der Waals surface area contributed by atoms with Crippen molar-refractivity contribution in [2.24, 2.45) is 0 Å². The zero-order valence-electron chi connectivity index (χ0n) is 18.1. The summed E-state index contributed by atoms with van der Waals surface area (Å²) in [5.41, 5.74) is 2.89. The second-order valence-electron chi connectivity index (χ2n) is 7.68. The molecule has 0 aliphatic heterocycles. The molecule has 1 N–H and O–H groups in total. The summed E-state index contributed by atoms with van der Waals surface area (Å²) in [6.07, 6.45) is -0.357. The highest BCUT2D eigenvalue weighted by Gasteiger charge is 2.27. The average molecular weight is 445 g/mol. The molecule has 0 bridgehead atoms. The first-order valence-corrected chi connectivity index (χ1v) is 10.6. The molecule has 1 aromatic heterocycles. The standard InChI is InChI=1S/C26H23NO6/c1-17-10-12-18(13-11-17)26(31)33-15-14-32-24(28)16-23(25(29)30)27-21-8-4-2-6-19(21)20-7-3-5-9-22(20)27/h2-13,23H,14-16H2,1H3,(H,29,30)/t23-/m0/s1. The highest BCUT2D eigenvalue weighted by molar-refractivity contribution is 6.09. The first-order chi connectivity index (χ1) is 16.0. The van der Waals surface area contributed by atoms with Gasteiger partial charge in [-0.2, -0.15) is 0 Å². The molecular formula is C26H23NO6. The summed E-state index contributed by atoms with van der Waals surface area (Å²) >= 11 is 0. The number of carboxylic acid groups (broad SMARTS) is 1. The summed E-state index contributed by atoms with van der Waals surface area (Å²) in [6, 6.07) is 20.7. The molecule has 0 unspecified atom stereocenters. The maximum absolute atomic E-state index is 12.4. The number of carbonyl (C=O) groups excluding carboxylic acids is 2. The first-order valence-electron chi connectivity index (χ1n) is 10.6. The number of para-hydroxylation sites is 2. The zero-order chi connectivity index (χ0) is 23.4. The predicted molar refractivity (Wildman–Crippen MR) is 123 cm³/mol. The number of aromatic nitrogens is 1. The summed E-state index contributed by atoms with van der Waals surface area (Å²) in [5.74, 6) is -2.33. The van der Waals surface area contributed by atoms with E-state index >= 15 is 0 Å². The summed E-state index contributed by atoms with van der Waals surface area (Å²) in [7, 11) is 0. The SMILES string of the molecule is Cc1ccc(C(=O)OCCOC(=O)C[C@@H](C(=O)O)n2c3ccccc3c3ccccc32)cc1. The van der Waals surface area contributed by atoms with Crippen LogP contribution in [0.5, 0.6) is 0 Å². The summed E-state index contributed by atoms with van der Waals surface area (Å²) in [5, 5.41) is 11.7. The van der Waals surface area contributed by atoms with Crippen LogP contribution in [0.2, 0.25) is 0 Å². The van der Waals surface area contributed by atoms with Crippen molar-refractivity contribution in [3.63, 3.8) is 0 Å². The highest BCUT2D eigenvalue weighted by Crippen LogP contribution is 2.33. The van der Waals surface area contributed by atoms with Crippen LogP contribution in [0.1, 0.15) is 28.4 Å². The van der Waals surface area contributed by atoms with Crippen LogP contribution in [0.3, 0.4) is 0 Å². The summed E-state index contributed by atoms with van der Waals surface area (Å²) < 4.78 is 11.9. The lowest BCUT2D eigenvalue weighted by atomic mass is 10.1. The lowest BCUT2D eigenvalue weighted by Gasteiger charge is -2.17. The number of benzene rings is 3. The minimum atomic E-state index is -1.14. The first kappa shape index (κ1) is 22.1. The normalized spacial score (nSPS) is 11.9. The molecule has 0 spiro atoms. The second kappa shape index (κ2) is 9.56. The lowest BCUT2D eigenvalue weighted by Crippen LogP contribution is -2.24. The van der Waals surface area contributed by atoms with Crippen molar-refractivity contribution in [2.45, 2.75) is 19.4 Å². The van der Waals surface area contributed by atoms with Gasteiger partial charge in [-0.15, -0.1) is 0 Å². The Balaban J connectivity index is 1.43. The van der Waals surface area contributed by atoms with Crippen LogP contribution in [-0.2, 0) is 19.1 Å². The highest BCUT2D eigenvalue weighted by atomic mass is 16.6. The van der Waals surface area contributed by atoms with Crippen molar-refractivity contribution >= 4 is 39.7 Å². The van der Waals surface area contributed by atoms with E-state index in [2.05, 4.69) is 0 Å². The number of carboxylic acids is 1. The third-order valence-corrected chi connectivity index (χ3v) is 5.44. The van der Waals surface area contributed by atoms with Gasteiger partial charge in [-0.3, -0.25) is 4.79 Å². The molecule has 0 radical (unpaired) electrons. The summed E-state index contributed by atoms with van der Waals surface area (Å²) in [6.45, 7) is 1.64. The Hall–Kier alpha value is -4.13. The van der Waals surface area contributed by atoms with E-state index in [4.69, 9.17) is 9.47 Å². The van der Waals surface area contributed by atoms with Gasteiger partial charge in [0.25, 0.3) is 0 Å². The van der Waals surface area contributed by atoms with E-state index in [0.29, 0.717) is 5.56 Å². The van der Waals surface area contributed by atoms with Crippen LogP contribution in [0.25, 0.3) is 21.8 Å². The number of aryl methyl sites for hydroxylation is 1. The second-order valence-corrected chi connectivity index (χ2v) is 7.68. The van der Waals surface area contributed by atoms with Crippen molar-refractivity contribution in [3.8, 4) is 0 Å². The number of hydrogen-bond acceptors (Lipinski definition) is 5. The van der Waals surface area contributed by atoms with E-state index in [0.717, 1.165) is 27.4 Å². The van der Waals surface area contributed by atoms with Gasteiger partial charge in [-0.25, -0.2) is 9.59 Å². The number of rotatable bonds is 8. The molecule has 1 heterocycles. The molecular weight excluding hydrogens is 422 g/mol. The van der Waals surface area contributed by atoms with Gasteiger partial charge in [0.05, 0.1) is 12.0 Å². The number of aliphatic carboxylic acids is 1. The van der Waals surface area contributed by atoms with Gasteiger partial charge in [0.2, 0.25) is 0 Å². The Labute approximate surface area is 190 Å². The number of carbonyl (C=O) groups is 3. The maximum atomic E-state index is 12.4. The maximum Gasteiger partial charge on any atom is 0.338 e. The molecule has 4 rings (SSSR count). The number of fused-ring (bicyclic) bond motifs is 3. The van der Waals surface area contributed by atoms with E-state index in [1.54, 1.807) is 28.8 Å². The molecule has 4 aromatic rings. The van der Waals surface area contributed by atoms with Gasteiger partial charge >= 0.3 is 17.9 Å². The van der Waals surface area contributed by atoms with Crippen molar-refractivity contribution < 1.29 is 29.0 Å². The number of hydrogen-bond donors (Lipinski definition) is 1. The molecule has 3 aromatic carbocycles. The van der Waals surface area contributed by atoms with Crippen molar-refractivity contribution in [1.29, 1.82) is 0 Å². The molecule has 0 aliphatic carbocycles. The van der Waals surface area contributed by atoms with Crippen LogP contribution in [0.15, 0.2) is 72.8 Å². The van der Waals surface area contributed by atoms with Crippen molar-refractivity contribution in [2.75, 3.05) is 13.2 Å². The molecule has 7 nitrogen and oxygen atoms in total. The van der Waals surface area contributed by atoms with Crippen LogP contribution in [0.4, 0.5) is 0 Å². The fraction of sp³-hybridized carbons (Fsp3) is 0.192. The minimum Gasteiger partial charge on any atom is -0.480 e. The monoisotopic (exact) mass is 445 g/mol. The van der Waals surface area contributed by atoms with Gasteiger partial charge in [0.15, 0.2) is 0 Å². The number of esters is 2. The molecule has 0 aliphatic rings. The third-order valence-electron chi connectivity index (χ3n) is 5.44. The van der Waals surface area contributed by atoms with E-state index in [1.807, 2.05) is 55.5 Å². The third kappa shape index (κ3) is 4.72.